The second kappa shape index (κ2) is 6.68. The molecule has 0 spiro atoms. The molecule has 4 aromatic rings. The second-order valence-electron chi connectivity index (χ2n) is 5.62. The van der Waals surface area contributed by atoms with Crippen LogP contribution in [0.4, 0.5) is 4.39 Å². The number of benzene rings is 2. The second-order valence-corrected chi connectivity index (χ2v) is 6.71. The fraction of sp³-hybridized carbons (Fsp3) is 0.105. The van der Waals surface area contributed by atoms with Crippen LogP contribution in [0.1, 0.15) is 28.6 Å². The molecule has 2 aromatic heterocycles. The zero-order chi connectivity index (χ0) is 18.1. The number of aromatic nitrogens is 2. The normalized spacial score (nSPS) is 12.2. The maximum Gasteiger partial charge on any atom is 0.349 e. The highest BCUT2D eigenvalue weighted by atomic mass is 32.1. The van der Waals surface area contributed by atoms with Crippen LogP contribution in [0.2, 0.25) is 0 Å². The first-order chi connectivity index (χ1) is 12.6. The van der Waals surface area contributed by atoms with Crippen LogP contribution in [0.5, 0.6) is 0 Å². The van der Waals surface area contributed by atoms with Gasteiger partial charge in [-0.2, -0.15) is 0 Å². The zero-order valence-electron chi connectivity index (χ0n) is 13.7. The average Bonchev–Trinajstić information content (AvgIpc) is 3.30. The Hall–Kier alpha value is -3.06. The standard InChI is InChI=1S/C19H13FN2O3S/c1-11(17-21-22-18(25-17)12-6-3-2-4-7-12)24-19(23)16-10-13-14(20)8-5-9-15(13)26-16/h2-11H,1H3/t11-/m0/s1. The summed E-state index contributed by atoms with van der Waals surface area (Å²) in [6.07, 6.45) is -0.720. The molecule has 0 aliphatic heterocycles. The first kappa shape index (κ1) is 16.4. The molecule has 0 saturated heterocycles. The van der Waals surface area contributed by atoms with Gasteiger partial charge in [0.05, 0.1) is 0 Å². The van der Waals surface area contributed by atoms with Gasteiger partial charge in [0.2, 0.25) is 5.89 Å². The van der Waals surface area contributed by atoms with Crippen LogP contribution in [0, 0.1) is 5.82 Å². The Balaban J connectivity index is 1.52. The lowest BCUT2D eigenvalue weighted by atomic mass is 10.2. The lowest BCUT2D eigenvalue weighted by Gasteiger charge is -2.07. The smallest absolute Gasteiger partial charge is 0.349 e. The molecule has 5 nitrogen and oxygen atoms in total. The van der Waals surface area contributed by atoms with Crippen LogP contribution in [0.3, 0.4) is 0 Å². The van der Waals surface area contributed by atoms with Crippen molar-refractivity contribution in [2.75, 3.05) is 0 Å². The number of hydrogen-bond acceptors (Lipinski definition) is 6. The van der Waals surface area contributed by atoms with Crippen molar-refractivity contribution in [3.63, 3.8) is 0 Å². The van der Waals surface area contributed by atoms with Crippen LogP contribution in [0.15, 0.2) is 59.0 Å². The van der Waals surface area contributed by atoms with Crippen molar-refractivity contribution in [3.05, 3.63) is 71.2 Å². The summed E-state index contributed by atoms with van der Waals surface area (Å²) in [5.74, 6) is -0.371. The van der Waals surface area contributed by atoms with E-state index in [9.17, 15) is 9.18 Å². The van der Waals surface area contributed by atoms with Crippen molar-refractivity contribution in [1.82, 2.24) is 10.2 Å². The minimum Gasteiger partial charge on any atom is -0.448 e. The molecule has 0 unspecified atom stereocenters. The summed E-state index contributed by atoms with van der Waals surface area (Å²) in [4.78, 5) is 12.7. The summed E-state index contributed by atoms with van der Waals surface area (Å²) in [7, 11) is 0. The Kier molecular flexibility index (Phi) is 4.22. The van der Waals surface area contributed by atoms with Crippen LogP contribution in [-0.4, -0.2) is 16.2 Å². The Morgan fingerprint density at radius 1 is 1.15 bits per heavy atom. The molecule has 130 valence electrons. The maximum absolute atomic E-state index is 13.8. The number of fused-ring (bicyclic) bond motifs is 1. The van der Waals surface area contributed by atoms with Gasteiger partial charge < -0.3 is 9.15 Å². The van der Waals surface area contributed by atoms with Crippen molar-refractivity contribution < 1.29 is 18.3 Å². The summed E-state index contributed by atoms with van der Waals surface area (Å²) >= 11 is 1.18. The summed E-state index contributed by atoms with van der Waals surface area (Å²) in [6, 6.07) is 15.5. The molecule has 0 bridgehead atoms. The van der Waals surface area contributed by atoms with Gasteiger partial charge in [-0.1, -0.05) is 24.3 Å². The number of rotatable bonds is 4. The predicted molar refractivity (Wildman–Crippen MR) is 95.3 cm³/mol. The van der Waals surface area contributed by atoms with Gasteiger partial charge in [-0.05, 0) is 37.3 Å². The van der Waals surface area contributed by atoms with Crippen LogP contribution in [-0.2, 0) is 4.74 Å². The van der Waals surface area contributed by atoms with Crippen molar-refractivity contribution in [3.8, 4) is 11.5 Å². The maximum atomic E-state index is 13.8. The third-order valence-corrected chi connectivity index (χ3v) is 4.88. The number of carbonyl (C=O) groups is 1. The highest BCUT2D eigenvalue weighted by Crippen LogP contribution is 2.29. The summed E-state index contributed by atoms with van der Waals surface area (Å²) in [5, 5.41) is 8.33. The molecule has 0 radical (unpaired) electrons. The third-order valence-electron chi connectivity index (χ3n) is 3.80. The predicted octanol–water partition coefficient (Wildman–Crippen LogP) is 5.01. The fourth-order valence-corrected chi connectivity index (χ4v) is 3.45. The number of nitrogens with zero attached hydrogens (tertiary/aromatic N) is 2. The number of halogens is 1. The third kappa shape index (κ3) is 3.09. The average molecular weight is 368 g/mol. The van der Waals surface area contributed by atoms with Gasteiger partial charge >= 0.3 is 5.97 Å². The van der Waals surface area contributed by atoms with Crippen molar-refractivity contribution >= 4 is 27.4 Å². The summed E-state index contributed by atoms with van der Waals surface area (Å²) in [5.41, 5.74) is 0.782. The molecule has 1 atom stereocenters. The van der Waals surface area contributed by atoms with Crippen molar-refractivity contribution in [2.45, 2.75) is 13.0 Å². The van der Waals surface area contributed by atoms with E-state index in [-0.39, 0.29) is 11.7 Å². The molecule has 0 amide bonds. The van der Waals surface area contributed by atoms with Crippen molar-refractivity contribution in [2.24, 2.45) is 0 Å². The lowest BCUT2D eigenvalue weighted by molar-refractivity contribution is 0.0286. The molecule has 2 aromatic carbocycles. The Labute approximate surface area is 152 Å². The molecule has 0 N–H and O–H groups in total. The van der Waals surface area contributed by atoms with Crippen LogP contribution >= 0.6 is 11.3 Å². The minimum absolute atomic E-state index is 0.199. The number of ether oxygens (including phenoxy) is 1. The van der Waals surface area contributed by atoms with Gasteiger partial charge in [-0.3, -0.25) is 0 Å². The van der Waals surface area contributed by atoms with Gasteiger partial charge in [0.1, 0.15) is 10.7 Å². The highest BCUT2D eigenvalue weighted by molar-refractivity contribution is 7.20. The quantitative estimate of drug-likeness (QED) is 0.474. The summed E-state index contributed by atoms with van der Waals surface area (Å²) < 4.78 is 25.4. The Morgan fingerprint density at radius 3 is 2.73 bits per heavy atom. The molecule has 0 saturated carbocycles. The van der Waals surface area contributed by atoms with Crippen molar-refractivity contribution in [1.29, 1.82) is 0 Å². The topological polar surface area (TPSA) is 65.2 Å². The Morgan fingerprint density at radius 2 is 1.96 bits per heavy atom. The lowest BCUT2D eigenvalue weighted by Crippen LogP contribution is -2.08. The SMILES string of the molecule is C[C@H](OC(=O)c1cc2c(F)cccc2s1)c1nnc(-c2ccccc2)o1. The molecule has 26 heavy (non-hydrogen) atoms. The van der Waals surface area contributed by atoms with Crippen LogP contribution < -0.4 is 0 Å². The van der Waals surface area contributed by atoms with E-state index in [1.807, 2.05) is 30.3 Å². The molecule has 0 fully saturated rings. The van der Waals surface area contributed by atoms with E-state index in [4.69, 9.17) is 9.15 Å². The number of carbonyl (C=O) groups excluding carboxylic acids is 1. The van der Waals surface area contributed by atoms with E-state index in [0.717, 1.165) is 5.56 Å². The molecule has 0 aliphatic carbocycles. The zero-order valence-corrected chi connectivity index (χ0v) is 14.5. The van der Waals surface area contributed by atoms with E-state index in [1.54, 1.807) is 19.1 Å². The van der Waals surface area contributed by atoms with Gasteiger partial charge in [0, 0.05) is 15.6 Å². The van der Waals surface area contributed by atoms with E-state index in [0.29, 0.717) is 20.9 Å². The molecule has 4 rings (SSSR count). The minimum atomic E-state index is -0.720. The van der Waals surface area contributed by atoms with E-state index >= 15 is 0 Å². The Bertz CT molecular complexity index is 1070. The molecule has 0 aliphatic rings. The molecular formula is C19H13FN2O3S. The first-order valence-corrected chi connectivity index (χ1v) is 8.71. The number of esters is 1. The monoisotopic (exact) mass is 368 g/mol. The number of hydrogen-bond donors (Lipinski definition) is 0. The van der Waals surface area contributed by atoms with Gasteiger partial charge in [0.15, 0.2) is 6.10 Å². The van der Waals surface area contributed by atoms with Gasteiger partial charge in [-0.25, -0.2) is 9.18 Å². The largest absolute Gasteiger partial charge is 0.448 e. The molecular weight excluding hydrogens is 355 g/mol. The first-order valence-electron chi connectivity index (χ1n) is 7.89. The molecule has 7 heteroatoms. The number of thiophene rings is 1. The molecule has 2 heterocycles. The van der Waals surface area contributed by atoms with E-state index < -0.39 is 12.1 Å². The van der Waals surface area contributed by atoms with Gasteiger partial charge in [-0.15, -0.1) is 21.5 Å². The highest BCUT2D eigenvalue weighted by Gasteiger charge is 2.21. The van der Waals surface area contributed by atoms with Gasteiger partial charge in [0.25, 0.3) is 5.89 Å². The van der Waals surface area contributed by atoms with Crippen LogP contribution in [0.25, 0.3) is 21.5 Å². The van der Waals surface area contributed by atoms with E-state index in [2.05, 4.69) is 10.2 Å². The summed E-state index contributed by atoms with van der Waals surface area (Å²) in [6.45, 7) is 1.65. The van der Waals surface area contributed by atoms with E-state index in [1.165, 1.54) is 23.5 Å². The fourth-order valence-electron chi connectivity index (χ4n) is 2.49.